The molecule has 3 N–H and O–H groups in total. The van der Waals surface area contributed by atoms with E-state index in [0.29, 0.717) is 11.5 Å². The summed E-state index contributed by atoms with van der Waals surface area (Å²) < 4.78 is 0. The highest BCUT2D eigenvalue weighted by Crippen LogP contribution is 2.41. The summed E-state index contributed by atoms with van der Waals surface area (Å²) in [5, 5.41) is 2.68. The van der Waals surface area contributed by atoms with Crippen LogP contribution in [0.4, 0.5) is 0 Å². The zero-order valence-electron chi connectivity index (χ0n) is 12.2. The molecule has 0 aromatic heterocycles. The molecule has 106 valence electrons. The fourth-order valence-corrected chi connectivity index (χ4v) is 3.73. The molecule has 1 aliphatic rings. The highest BCUT2D eigenvalue weighted by Gasteiger charge is 2.36. The monoisotopic (exact) mass is 268 g/mol. The lowest BCUT2D eigenvalue weighted by molar-refractivity contribution is 0.221. The smallest absolute Gasteiger partial charge is 0.0304 e. The normalized spacial score (nSPS) is 19.3. The minimum Gasteiger partial charge on any atom is -0.271 e. The summed E-state index contributed by atoms with van der Waals surface area (Å²) in [6, 6.07) is 15.6. The van der Waals surface area contributed by atoms with Crippen molar-refractivity contribution in [2.24, 2.45) is 11.3 Å². The van der Waals surface area contributed by atoms with Gasteiger partial charge in [0.25, 0.3) is 0 Å². The first-order chi connectivity index (χ1) is 9.73. The molecule has 2 aromatic carbocycles. The van der Waals surface area contributed by atoms with Crippen molar-refractivity contribution in [2.45, 2.75) is 45.1 Å². The van der Waals surface area contributed by atoms with Gasteiger partial charge >= 0.3 is 0 Å². The van der Waals surface area contributed by atoms with Gasteiger partial charge in [-0.2, -0.15) is 0 Å². The Kier molecular flexibility index (Phi) is 3.77. The Morgan fingerprint density at radius 3 is 2.55 bits per heavy atom. The number of benzene rings is 2. The SMILES string of the molecule is CC1(C(Cc2cccc3ccccc23)NN)CCCC1. The van der Waals surface area contributed by atoms with Gasteiger partial charge in [-0.3, -0.25) is 11.3 Å². The summed E-state index contributed by atoms with van der Waals surface area (Å²) >= 11 is 0. The fraction of sp³-hybridized carbons (Fsp3) is 0.444. The van der Waals surface area contributed by atoms with Gasteiger partial charge in [0.2, 0.25) is 0 Å². The van der Waals surface area contributed by atoms with Crippen LogP contribution in [0.1, 0.15) is 38.2 Å². The van der Waals surface area contributed by atoms with Gasteiger partial charge in [0.05, 0.1) is 0 Å². The molecule has 2 aromatic rings. The molecule has 2 heteroatoms. The molecule has 0 heterocycles. The summed E-state index contributed by atoms with van der Waals surface area (Å²) in [7, 11) is 0. The highest BCUT2D eigenvalue weighted by molar-refractivity contribution is 5.85. The third-order valence-corrected chi connectivity index (χ3v) is 5.09. The molecule has 20 heavy (non-hydrogen) atoms. The van der Waals surface area contributed by atoms with E-state index in [-0.39, 0.29) is 0 Å². The number of fused-ring (bicyclic) bond motifs is 1. The summed E-state index contributed by atoms with van der Waals surface area (Å²) in [5.74, 6) is 5.88. The zero-order valence-corrected chi connectivity index (χ0v) is 12.2. The van der Waals surface area contributed by atoms with Gasteiger partial charge in [-0.15, -0.1) is 0 Å². The van der Waals surface area contributed by atoms with E-state index in [9.17, 15) is 0 Å². The molecule has 1 saturated carbocycles. The Morgan fingerprint density at radius 1 is 1.10 bits per heavy atom. The first-order valence-electron chi connectivity index (χ1n) is 7.66. The van der Waals surface area contributed by atoms with Crippen molar-refractivity contribution in [3.05, 3.63) is 48.0 Å². The lowest BCUT2D eigenvalue weighted by Gasteiger charge is -2.34. The summed E-state index contributed by atoms with van der Waals surface area (Å²) in [5.41, 5.74) is 4.84. The second-order valence-electron chi connectivity index (χ2n) is 6.42. The molecule has 1 fully saturated rings. The van der Waals surface area contributed by atoms with Crippen LogP contribution in [0.5, 0.6) is 0 Å². The third-order valence-electron chi connectivity index (χ3n) is 5.09. The van der Waals surface area contributed by atoms with Crippen LogP contribution in [0, 0.1) is 5.41 Å². The average molecular weight is 268 g/mol. The van der Waals surface area contributed by atoms with Crippen LogP contribution in [-0.4, -0.2) is 6.04 Å². The molecular weight excluding hydrogens is 244 g/mol. The number of hydrogen-bond acceptors (Lipinski definition) is 2. The minimum absolute atomic E-state index is 0.339. The molecule has 1 aliphatic carbocycles. The highest BCUT2D eigenvalue weighted by atomic mass is 15.2. The van der Waals surface area contributed by atoms with E-state index >= 15 is 0 Å². The van der Waals surface area contributed by atoms with Gasteiger partial charge in [0.15, 0.2) is 0 Å². The van der Waals surface area contributed by atoms with Crippen LogP contribution >= 0.6 is 0 Å². The molecule has 1 atom stereocenters. The Hall–Kier alpha value is -1.38. The maximum absolute atomic E-state index is 5.88. The molecule has 0 spiro atoms. The van der Waals surface area contributed by atoms with Crippen molar-refractivity contribution in [1.82, 2.24) is 5.43 Å². The molecule has 1 unspecified atom stereocenters. The lowest BCUT2D eigenvalue weighted by atomic mass is 9.77. The summed E-state index contributed by atoms with van der Waals surface area (Å²) in [6.07, 6.45) is 6.25. The summed E-state index contributed by atoms with van der Waals surface area (Å²) in [6.45, 7) is 2.38. The van der Waals surface area contributed by atoms with E-state index in [1.165, 1.54) is 42.0 Å². The standard InChI is InChI=1S/C18H24N2/c1-18(11-4-5-12-18)17(20-19)13-15-9-6-8-14-7-2-3-10-16(14)15/h2-3,6-10,17,20H,4-5,11-13,19H2,1H3. The van der Waals surface area contributed by atoms with E-state index in [1.807, 2.05) is 0 Å². The zero-order chi connectivity index (χ0) is 14.0. The molecule has 0 amide bonds. The average Bonchev–Trinajstić information content (AvgIpc) is 2.92. The van der Waals surface area contributed by atoms with Crippen molar-refractivity contribution in [1.29, 1.82) is 0 Å². The largest absolute Gasteiger partial charge is 0.271 e. The summed E-state index contributed by atoms with van der Waals surface area (Å²) in [4.78, 5) is 0. The molecule has 0 saturated heterocycles. The van der Waals surface area contributed by atoms with Crippen LogP contribution in [0.15, 0.2) is 42.5 Å². The van der Waals surface area contributed by atoms with E-state index < -0.39 is 0 Å². The van der Waals surface area contributed by atoms with Crippen molar-refractivity contribution >= 4 is 10.8 Å². The molecule has 0 aliphatic heterocycles. The van der Waals surface area contributed by atoms with Crippen LogP contribution in [0.2, 0.25) is 0 Å². The van der Waals surface area contributed by atoms with Crippen LogP contribution < -0.4 is 11.3 Å². The molecule has 0 bridgehead atoms. The number of nitrogens with one attached hydrogen (secondary N) is 1. The predicted molar refractivity (Wildman–Crippen MR) is 85.3 cm³/mol. The second-order valence-corrected chi connectivity index (χ2v) is 6.42. The van der Waals surface area contributed by atoms with Gasteiger partial charge < -0.3 is 0 Å². The Morgan fingerprint density at radius 2 is 1.80 bits per heavy atom. The van der Waals surface area contributed by atoms with E-state index in [2.05, 4.69) is 54.8 Å². The molecule has 2 nitrogen and oxygen atoms in total. The number of hydrogen-bond donors (Lipinski definition) is 2. The van der Waals surface area contributed by atoms with Gasteiger partial charge in [-0.05, 0) is 41.0 Å². The molecule has 3 rings (SSSR count). The van der Waals surface area contributed by atoms with E-state index in [0.717, 1.165) is 6.42 Å². The van der Waals surface area contributed by atoms with E-state index in [1.54, 1.807) is 0 Å². The molecule has 0 radical (unpaired) electrons. The van der Waals surface area contributed by atoms with Crippen molar-refractivity contribution < 1.29 is 0 Å². The van der Waals surface area contributed by atoms with Crippen molar-refractivity contribution in [3.63, 3.8) is 0 Å². The first kappa shape index (κ1) is 13.6. The Labute approximate surface area is 121 Å². The molecular formula is C18H24N2. The first-order valence-corrected chi connectivity index (χ1v) is 7.66. The predicted octanol–water partition coefficient (Wildman–Crippen LogP) is 3.79. The van der Waals surface area contributed by atoms with Gasteiger partial charge in [0, 0.05) is 6.04 Å². The maximum Gasteiger partial charge on any atom is 0.0304 e. The van der Waals surface area contributed by atoms with Crippen LogP contribution in [0.25, 0.3) is 10.8 Å². The van der Waals surface area contributed by atoms with Crippen LogP contribution in [0.3, 0.4) is 0 Å². The topological polar surface area (TPSA) is 38.0 Å². The van der Waals surface area contributed by atoms with Gasteiger partial charge in [0.1, 0.15) is 0 Å². The third kappa shape index (κ3) is 2.46. The minimum atomic E-state index is 0.339. The maximum atomic E-state index is 5.88. The second kappa shape index (κ2) is 5.55. The van der Waals surface area contributed by atoms with Gasteiger partial charge in [-0.25, -0.2) is 0 Å². The Bertz CT molecular complexity index is 579. The van der Waals surface area contributed by atoms with Crippen molar-refractivity contribution in [3.8, 4) is 0 Å². The number of rotatable bonds is 4. The quantitative estimate of drug-likeness (QED) is 0.654. The number of hydrazine groups is 1. The van der Waals surface area contributed by atoms with Crippen molar-refractivity contribution in [2.75, 3.05) is 0 Å². The number of nitrogens with two attached hydrogens (primary N) is 1. The lowest BCUT2D eigenvalue weighted by Crippen LogP contribution is -2.47. The Balaban J connectivity index is 1.91. The fourth-order valence-electron chi connectivity index (χ4n) is 3.73. The van der Waals surface area contributed by atoms with Crippen LogP contribution in [-0.2, 0) is 6.42 Å². The van der Waals surface area contributed by atoms with E-state index in [4.69, 9.17) is 5.84 Å². The van der Waals surface area contributed by atoms with Gasteiger partial charge in [-0.1, -0.05) is 62.2 Å².